The summed E-state index contributed by atoms with van der Waals surface area (Å²) < 4.78 is 11.2. The van der Waals surface area contributed by atoms with E-state index in [1.54, 1.807) is 43.5 Å². The van der Waals surface area contributed by atoms with E-state index in [-0.39, 0.29) is 5.57 Å². The fourth-order valence-electron chi connectivity index (χ4n) is 2.01. The van der Waals surface area contributed by atoms with Crippen LogP contribution in [-0.4, -0.2) is 20.1 Å². The van der Waals surface area contributed by atoms with E-state index in [1.807, 2.05) is 12.1 Å². The highest BCUT2D eigenvalue weighted by Crippen LogP contribution is 2.26. The Morgan fingerprint density at radius 1 is 1.21 bits per heavy atom. The number of benzene rings is 2. The number of anilines is 1. The molecule has 0 unspecified atom stereocenters. The number of hydrogen-bond acceptors (Lipinski definition) is 4. The first-order chi connectivity index (χ1) is 11.6. The summed E-state index contributed by atoms with van der Waals surface area (Å²) in [5.41, 5.74) is 1.18. The summed E-state index contributed by atoms with van der Waals surface area (Å²) in [6.07, 6.45) is 1.48. The number of carbonyl (C=O) groups excluding carboxylic acids is 1. The van der Waals surface area contributed by atoms with Crippen LogP contribution < -0.4 is 14.8 Å². The number of nitriles is 1. The minimum atomic E-state index is -0.492. The van der Waals surface area contributed by atoms with Crippen molar-refractivity contribution in [3.63, 3.8) is 0 Å². The number of halogens is 1. The van der Waals surface area contributed by atoms with E-state index in [1.165, 1.54) is 13.2 Å². The quantitative estimate of drug-likeness (QED) is 0.622. The Hall–Kier alpha value is -2.78. The van der Waals surface area contributed by atoms with Crippen molar-refractivity contribution < 1.29 is 14.3 Å². The molecule has 1 N–H and O–H groups in total. The second-order valence-electron chi connectivity index (χ2n) is 4.74. The Balaban J connectivity index is 2.29. The highest BCUT2D eigenvalue weighted by atomic mass is 79.9. The van der Waals surface area contributed by atoms with Crippen LogP contribution in [0.2, 0.25) is 0 Å². The molecule has 0 saturated carbocycles. The molecule has 2 rings (SSSR count). The Morgan fingerprint density at radius 2 is 2.00 bits per heavy atom. The van der Waals surface area contributed by atoms with E-state index in [0.29, 0.717) is 22.7 Å². The van der Waals surface area contributed by atoms with Crippen molar-refractivity contribution >= 4 is 33.6 Å². The van der Waals surface area contributed by atoms with Crippen LogP contribution in [0.15, 0.2) is 52.5 Å². The Morgan fingerprint density at radius 3 is 2.62 bits per heavy atom. The van der Waals surface area contributed by atoms with Gasteiger partial charge in [-0.2, -0.15) is 5.26 Å². The first-order valence-electron chi connectivity index (χ1n) is 6.98. The lowest BCUT2D eigenvalue weighted by molar-refractivity contribution is -0.112. The third-order valence-corrected chi connectivity index (χ3v) is 3.68. The number of rotatable bonds is 5. The molecule has 0 aliphatic carbocycles. The summed E-state index contributed by atoms with van der Waals surface area (Å²) in [7, 11) is 3.07. The van der Waals surface area contributed by atoms with Gasteiger partial charge in [0.1, 0.15) is 23.1 Å². The van der Waals surface area contributed by atoms with E-state index in [4.69, 9.17) is 9.47 Å². The Labute approximate surface area is 148 Å². The molecule has 0 aliphatic rings. The number of methoxy groups -OCH3 is 2. The molecule has 0 spiro atoms. The van der Waals surface area contributed by atoms with Crippen LogP contribution in [0.25, 0.3) is 6.08 Å². The molecule has 2 aromatic rings. The number of carbonyl (C=O) groups is 1. The van der Waals surface area contributed by atoms with Crippen LogP contribution in [0, 0.1) is 11.3 Å². The molecule has 5 nitrogen and oxygen atoms in total. The monoisotopic (exact) mass is 386 g/mol. The van der Waals surface area contributed by atoms with Gasteiger partial charge in [-0.05, 0) is 36.4 Å². The van der Waals surface area contributed by atoms with Gasteiger partial charge in [-0.1, -0.05) is 22.0 Å². The average Bonchev–Trinajstić information content (AvgIpc) is 2.59. The smallest absolute Gasteiger partial charge is 0.266 e. The molecule has 0 aliphatic heterocycles. The molecule has 0 aromatic heterocycles. The fourth-order valence-corrected chi connectivity index (χ4v) is 2.41. The lowest BCUT2D eigenvalue weighted by Gasteiger charge is -2.08. The average molecular weight is 387 g/mol. The molecule has 0 heterocycles. The van der Waals surface area contributed by atoms with Gasteiger partial charge in [0.05, 0.1) is 14.2 Å². The Bertz CT molecular complexity index is 825. The molecule has 6 heteroatoms. The lowest BCUT2D eigenvalue weighted by Crippen LogP contribution is -2.13. The minimum absolute atomic E-state index is 0.0292. The lowest BCUT2D eigenvalue weighted by atomic mass is 10.1. The first kappa shape index (κ1) is 17.6. The van der Waals surface area contributed by atoms with Gasteiger partial charge in [0, 0.05) is 21.8 Å². The van der Waals surface area contributed by atoms with Gasteiger partial charge in [0.25, 0.3) is 5.91 Å². The number of nitrogens with one attached hydrogen (secondary N) is 1. The van der Waals surface area contributed by atoms with Gasteiger partial charge in [-0.3, -0.25) is 4.79 Å². The molecule has 24 heavy (non-hydrogen) atoms. The van der Waals surface area contributed by atoms with Gasteiger partial charge in [-0.15, -0.1) is 0 Å². The van der Waals surface area contributed by atoms with Gasteiger partial charge < -0.3 is 14.8 Å². The standard InChI is InChI=1S/C18H15BrN2O3/c1-23-16-7-6-12(17(10-16)24-2)8-13(11-20)18(22)21-15-5-3-4-14(19)9-15/h3-10H,1-2H3,(H,21,22)/b13-8+. The predicted octanol–water partition coefficient (Wildman–Crippen LogP) is 4.01. The third kappa shape index (κ3) is 4.37. The van der Waals surface area contributed by atoms with E-state index in [2.05, 4.69) is 21.2 Å². The summed E-state index contributed by atoms with van der Waals surface area (Å²) in [6.45, 7) is 0. The van der Waals surface area contributed by atoms with Gasteiger partial charge in [0.2, 0.25) is 0 Å². The number of hydrogen-bond donors (Lipinski definition) is 1. The van der Waals surface area contributed by atoms with Crippen molar-refractivity contribution in [3.8, 4) is 17.6 Å². The molecular weight excluding hydrogens is 372 g/mol. The maximum Gasteiger partial charge on any atom is 0.266 e. The Kier molecular flexibility index (Phi) is 5.99. The summed E-state index contributed by atoms with van der Waals surface area (Å²) in [5.74, 6) is 0.645. The molecule has 0 saturated heterocycles. The zero-order chi connectivity index (χ0) is 17.5. The molecule has 0 atom stereocenters. The van der Waals surface area contributed by atoms with Crippen LogP contribution in [0.4, 0.5) is 5.69 Å². The minimum Gasteiger partial charge on any atom is -0.497 e. The van der Waals surface area contributed by atoms with E-state index >= 15 is 0 Å². The van der Waals surface area contributed by atoms with Crippen molar-refractivity contribution in [1.82, 2.24) is 0 Å². The molecular formula is C18H15BrN2O3. The highest BCUT2D eigenvalue weighted by Gasteiger charge is 2.12. The second-order valence-corrected chi connectivity index (χ2v) is 5.66. The van der Waals surface area contributed by atoms with Crippen molar-refractivity contribution in [2.75, 3.05) is 19.5 Å². The van der Waals surface area contributed by atoms with Gasteiger partial charge >= 0.3 is 0 Å². The molecule has 2 aromatic carbocycles. The largest absolute Gasteiger partial charge is 0.497 e. The SMILES string of the molecule is COc1ccc(/C=C(\C#N)C(=O)Nc2cccc(Br)c2)c(OC)c1. The number of amides is 1. The zero-order valence-electron chi connectivity index (χ0n) is 13.2. The fraction of sp³-hybridized carbons (Fsp3) is 0.111. The molecule has 0 radical (unpaired) electrons. The van der Waals surface area contributed by atoms with Crippen LogP contribution in [0.3, 0.4) is 0 Å². The molecule has 122 valence electrons. The molecule has 1 amide bonds. The van der Waals surface area contributed by atoms with Crippen molar-refractivity contribution in [3.05, 3.63) is 58.1 Å². The van der Waals surface area contributed by atoms with E-state index < -0.39 is 5.91 Å². The summed E-state index contributed by atoms with van der Waals surface area (Å²) in [6, 6.07) is 14.2. The van der Waals surface area contributed by atoms with Crippen molar-refractivity contribution in [2.45, 2.75) is 0 Å². The van der Waals surface area contributed by atoms with E-state index in [0.717, 1.165) is 4.47 Å². The maximum absolute atomic E-state index is 12.3. The number of ether oxygens (including phenoxy) is 2. The van der Waals surface area contributed by atoms with Gasteiger partial charge in [0.15, 0.2) is 0 Å². The van der Waals surface area contributed by atoms with E-state index in [9.17, 15) is 10.1 Å². The topological polar surface area (TPSA) is 71.3 Å². The normalized spacial score (nSPS) is 10.7. The maximum atomic E-state index is 12.3. The zero-order valence-corrected chi connectivity index (χ0v) is 14.8. The number of nitrogens with zero attached hydrogens (tertiary/aromatic N) is 1. The predicted molar refractivity (Wildman–Crippen MR) is 95.9 cm³/mol. The second kappa shape index (κ2) is 8.18. The molecule has 0 bridgehead atoms. The first-order valence-corrected chi connectivity index (χ1v) is 7.77. The van der Waals surface area contributed by atoms with Crippen LogP contribution in [-0.2, 0) is 4.79 Å². The van der Waals surface area contributed by atoms with Crippen LogP contribution in [0.1, 0.15) is 5.56 Å². The van der Waals surface area contributed by atoms with Crippen molar-refractivity contribution in [2.24, 2.45) is 0 Å². The summed E-state index contributed by atoms with van der Waals surface area (Å²) in [5, 5.41) is 12.0. The van der Waals surface area contributed by atoms with Gasteiger partial charge in [-0.25, -0.2) is 0 Å². The summed E-state index contributed by atoms with van der Waals surface area (Å²) in [4.78, 5) is 12.3. The van der Waals surface area contributed by atoms with Crippen molar-refractivity contribution in [1.29, 1.82) is 5.26 Å². The third-order valence-electron chi connectivity index (χ3n) is 3.19. The molecule has 0 fully saturated rings. The summed E-state index contributed by atoms with van der Waals surface area (Å²) >= 11 is 3.33. The highest BCUT2D eigenvalue weighted by molar-refractivity contribution is 9.10. The van der Waals surface area contributed by atoms with Crippen LogP contribution in [0.5, 0.6) is 11.5 Å². The van der Waals surface area contributed by atoms with Crippen LogP contribution >= 0.6 is 15.9 Å².